The predicted octanol–water partition coefficient (Wildman–Crippen LogP) is 4.49. The molecule has 13 heteroatoms. The van der Waals surface area contributed by atoms with Gasteiger partial charge in [0, 0.05) is 23.4 Å². The van der Waals surface area contributed by atoms with E-state index in [-0.39, 0.29) is 34.8 Å². The molecule has 1 unspecified atom stereocenters. The highest BCUT2D eigenvalue weighted by Crippen LogP contribution is 2.33. The Balaban J connectivity index is 1.63. The maximum absolute atomic E-state index is 14.4. The van der Waals surface area contributed by atoms with Crippen molar-refractivity contribution < 1.29 is 35.1 Å². The lowest BCUT2D eigenvalue weighted by molar-refractivity contribution is -0.140. The van der Waals surface area contributed by atoms with Crippen LogP contribution in [0.4, 0.5) is 33.3 Å². The molecule has 1 aliphatic heterocycles. The van der Waals surface area contributed by atoms with Gasteiger partial charge in [-0.1, -0.05) is 12.0 Å². The zero-order chi connectivity index (χ0) is 28.4. The Morgan fingerprint density at radius 1 is 1.18 bits per heavy atom. The number of piperidine rings is 1. The number of halogens is 5. The van der Waals surface area contributed by atoms with Crippen molar-refractivity contribution in [2.24, 2.45) is 0 Å². The van der Waals surface area contributed by atoms with Crippen molar-refractivity contribution in [2.45, 2.75) is 36.0 Å². The second kappa shape index (κ2) is 10.9. The zero-order valence-electron chi connectivity index (χ0n) is 21.1. The molecule has 1 atom stereocenters. The number of fused-ring (bicyclic) bond motifs is 1. The summed E-state index contributed by atoms with van der Waals surface area (Å²) in [5, 5.41) is 8.79. The first-order valence-electron chi connectivity index (χ1n) is 11.9. The van der Waals surface area contributed by atoms with Crippen LogP contribution in [0.3, 0.4) is 0 Å². The number of hydrogen-bond acceptors (Lipinski definition) is 6. The van der Waals surface area contributed by atoms with Gasteiger partial charge >= 0.3 is 6.18 Å². The van der Waals surface area contributed by atoms with E-state index >= 15 is 0 Å². The Labute approximate surface area is 222 Å². The molecular formula is C26H27F5N4O3S. The molecule has 0 bridgehead atoms. The monoisotopic (exact) mass is 570 g/mol. The molecule has 39 heavy (non-hydrogen) atoms. The van der Waals surface area contributed by atoms with Crippen molar-refractivity contribution in [1.29, 1.82) is 0 Å². The van der Waals surface area contributed by atoms with Gasteiger partial charge in [-0.3, -0.25) is 0 Å². The highest BCUT2D eigenvalue weighted by atomic mass is 32.2. The first-order chi connectivity index (χ1) is 18.3. The summed E-state index contributed by atoms with van der Waals surface area (Å²) in [6.45, 7) is -1.39. The van der Waals surface area contributed by atoms with E-state index in [1.807, 2.05) is 0 Å². The standard InChI is InChI=1S/C26H27F5N4O3S/c1-38-23-14-18(39(2,36)37)8-9-21(23)33-11-4-5-17-13-19-20(34-24-10-12-32-15-25(24,27)28)6-3-7-22(19)35(17)16-26(29,30)31/h3,6-9,13-14,24,32-34H,10-12,15-16H2,1-2H3. The molecule has 210 valence electrons. The van der Waals surface area contributed by atoms with Crippen molar-refractivity contribution in [3.8, 4) is 17.6 Å². The number of benzene rings is 2. The van der Waals surface area contributed by atoms with Gasteiger partial charge in [-0.25, -0.2) is 17.2 Å². The van der Waals surface area contributed by atoms with Crippen LogP contribution in [0.1, 0.15) is 12.1 Å². The Morgan fingerprint density at radius 3 is 2.62 bits per heavy atom. The van der Waals surface area contributed by atoms with Gasteiger partial charge in [0.1, 0.15) is 12.3 Å². The minimum Gasteiger partial charge on any atom is -0.495 e. The predicted molar refractivity (Wildman–Crippen MR) is 139 cm³/mol. The van der Waals surface area contributed by atoms with Crippen LogP contribution in [-0.4, -0.2) is 64.1 Å². The Kier molecular flexibility index (Phi) is 7.99. The number of anilines is 2. The molecule has 4 rings (SSSR count). The van der Waals surface area contributed by atoms with Gasteiger partial charge in [0.25, 0.3) is 5.92 Å². The summed E-state index contributed by atoms with van der Waals surface area (Å²) in [4.78, 5) is 0.0688. The molecule has 7 nitrogen and oxygen atoms in total. The quantitative estimate of drug-likeness (QED) is 0.287. The average Bonchev–Trinajstić information content (AvgIpc) is 3.19. The molecule has 0 amide bonds. The number of ether oxygens (including phenoxy) is 1. The smallest absolute Gasteiger partial charge is 0.406 e. The third-order valence-corrected chi connectivity index (χ3v) is 7.39. The number of nitrogens with one attached hydrogen (secondary N) is 3. The summed E-state index contributed by atoms with van der Waals surface area (Å²) in [5.74, 6) is 2.76. The van der Waals surface area contributed by atoms with E-state index in [4.69, 9.17) is 4.74 Å². The summed E-state index contributed by atoms with van der Waals surface area (Å²) in [5.41, 5.74) is 1.03. The number of hydrogen-bond donors (Lipinski definition) is 3. The fourth-order valence-electron chi connectivity index (χ4n) is 4.39. The molecule has 1 aromatic heterocycles. The summed E-state index contributed by atoms with van der Waals surface area (Å²) in [7, 11) is -2.07. The SMILES string of the molecule is COc1cc(S(C)(=O)=O)ccc1NCC#Cc1cc2c(NC3CCNCC3(F)F)cccc2n1CC(F)(F)F. The molecule has 1 fully saturated rings. The van der Waals surface area contributed by atoms with Gasteiger partial charge in [-0.05, 0) is 49.2 Å². The third-order valence-electron chi connectivity index (χ3n) is 6.28. The van der Waals surface area contributed by atoms with E-state index < -0.39 is 41.1 Å². The van der Waals surface area contributed by atoms with Gasteiger partial charge in [-0.2, -0.15) is 13.2 Å². The van der Waals surface area contributed by atoms with E-state index in [9.17, 15) is 30.4 Å². The molecule has 2 aromatic carbocycles. The Bertz CT molecular complexity index is 1520. The maximum Gasteiger partial charge on any atom is 0.406 e. The minimum atomic E-state index is -4.54. The number of sulfone groups is 1. The lowest BCUT2D eigenvalue weighted by atomic mass is 10.0. The molecule has 2 heterocycles. The van der Waals surface area contributed by atoms with Crippen LogP contribution in [0.5, 0.6) is 5.75 Å². The van der Waals surface area contributed by atoms with Crippen molar-refractivity contribution >= 4 is 32.1 Å². The van der Waals surface area contributed by atoms with E-state index in [0.29, 0.717) is 23.3 Å². The fourth-order valence-corrected chi connectivity index (χ4v) is 5.02. The van der Waals surface area contributed by atoms with Crippen LogP contribution >= 0.6 is 0 Å². The maximum atomic E-state index is 14.4. The van der Waals surface area contributed by atoms with Gasteiger partial charge in [0.05, 0.1) is 48.0 Å². The van der Waals surface area contributed by atoms with Crippen LogP contribution in [0, 0.1) is 11.8 Å². The van der Waals surface area contributed by atoms with Crippen LogP contribution in [0.2, 0.25) is 0 Å². The van der Waals surface area contributed by atoms with Gasteiger partial charge in [0.15, 0.2) is 9.84 Å². The molecule has 1 aliphatic rings. The van der Waals surface area contributed by atoms with Gasteiger partial charge in [-0.15, -0.1) is 0 Å². The topological polar surface area (TPSA) is 84.4 Å². The van der Waals surface area contributed by atoms with Gasteiger partial charge < -0.3 is 25.3 Å². The van der Waals surface area contributed by atoms with E-state index in [0.717, 1.165) is 10.8 Å². The molecule has 0 saturated carbocycles. The first-order valence-corrected chi connectivity index (χ1v) is 13.8. The molecule has 0 spiro atoms. The van der Waals surface area contributed by atoms with E-state index in [1.165, 1.54) is 43.5 Å². The molecular weight excluding hydrogens is 543 g/mol. The zero-order valence-corrected chi connectivity index (χ0v) is 21.9. The third kappa shape index (κ3) is 6.75. The van der Waals surface area contributed by atoms with Crippen LogP contribution in [0.25, 0.3) is 10.9 Å². The number of nitrogens with zero attached hydrogens (tertiary/aromatic N) is 1. The van der Waals surface area contributed by atoms with Crippen molar-refractivity contribution in [1.82, 2.24) is 9.88 Å². The lowest BCUT2D eigenvalue weighted by Crippen LogP contribution is -2.52. The number of aromatic nitrogens is 1. The highest BCUT2D eigenvalue weighted by Gasteiger charge is 2.41. The lowest BCUT2D eigenvalue weighted by Gasteiger charge is -2.33. The molecule has 0 aliphatic carbocycles. The summed E-state index contributed by atoms with van der Waals surface area (Å²) in [6, 6.07) is 9.11. The Hall–Kier alpha value is -3.50. The minimum absolute atomic E-state index is 0.00846. The number of rotatable bonds is 7. The fraction of sp³-hybridized carbons (Fsp3) is 0.385. The largest absolute Gasteiger partial charge is 0.495 e. The van der Waals surface area contributed by atoms with Crippen LogP contribution in [-0.2, 0) is 16.4 Å². The first kappa shape index (κ1) is 28.5. The number of alkyl halides is 5. The average molecular weight is 571 g/mol. The van der Waals surface area contributed by atoms with Crippen molar-refractivity contribution in [2.75, 3.05) is 43.6 Å². The highest BCUT2D eigenvalue weighted by molar-refractivity contribution is 7.90. The number of methoxy groups -OCH3 is 1. The second-order valence-corrected chi connectivity index (χ2v) is 11.2. The van der Waals surface area contributed by atoms with E-state index in [1.54, 1.807) is 6.07 Å². The molecule has 3 aromatic rings. The van der Waals surface area contributed by atoms with Gasteiger partial charge in [0.2, 0.25) is 0 Å². The Morgan fingerprint density at radius 2 is 1.95 bits per heavy atom. The van der Waals surface area contributed by atoms with Crippen molar-refractivity contribution in [3.63, 3.8) is 0 Å². The molecule has 3 N–H and O–H groups in total. The van der Waals surface area contributed by atoms with Crippen LogP contribution in [0.15, 0.2) is 47.4 Å². The summed E-state index contributed by atoms with van der Waals surface area (Å²) < 4.78 is 98.9. The summed E-state index contributed by atoms with van der Waals surface area (Å²) >= 11 is 0. The normalized spacial score (nSPS) is 17.4. The molecule has 0 radical (unpaired) electrons. The van der Waals surface area contributed by atoms with Crippen molar-refractivity contribution in [3.05, 3.63) is 48.2 Å². The summed E-state index contributed by atoms with van der Waals surface area (Å²) in [6.07, 6.45) is -3.32. The van der Waals surface area contributed by atoms with E-state index in [2.05, 4.69) is 27.8 Å². The van der Waals surface area contributed by atoms with Crippen LogP contribution < -0.4 is 20.7 Å². The second-order valence-electron chi connectivity index (χ2n) is 9.18. The molecule has 1 saturated heterocycles.